The monoisotopic (exact) mass is 517 g/mol. The van der Waals surface area contributed by atoms with Gasteiger partial charge in [-0.25, -0.2) is 0 Å². The van der Waals surface area contributed by atoms with Gasteiger partial charge in [0.05, 0.1) is 12.5 Å². The van der Waals surface area contributed by atoms with E-state index >= 15 is 0 Å². The zero-order valence-corrected chi connectivity index (χ0v) is 17.2. The molecular weight excluding hydrogens is 495 g/mol. The Labute approximate surface area is 163 Å². The first-order valence-electron chi connectivity index (χ1n) is 7.68. The summed E-state index contributed by atoms with van der Waals surface area (Å²) in [6.07, 6.45) is 0.971. The smallest absolute Gasteiger partial charge is 0.119 e. The first kappa shape index (κ1) is 21.0. The van der Waals surface area contributed by atoms with E-state index in [-0.39, 0.29) is 33.6 Å². The van der Waals surface area contributed by atoms with Crippen LogP contribution in [0.5, 0.6) is 11.5 Å². The second kappa shape index (κ2) is 11.5. The minimum Gasteiger partial charge on any atom is -0.496 e. The zero-order chi connectivity index (χ0) is 16.5. The minimum absolute atomic E-state index is 0. The maximum atomic E-state index is 9.37. The maximum Gasteiger partial charge on any atom is 0.119 e. The molecule has 0 aliphatic rings. The minimum atomic E-state index is -0.638. The van der Waals surface area contributed by atoms with Crippen LogP contribution in [0.15, 0.2) is 48.5 Å². The first-order valence-corrected chi connectivity index (χ1v) is 8.21. The van der Waals surface area contributed by atoms with Crippen LogP contribution in [0.25, 0.3) is 0 Å². The molecule has 0 aliphatic heterocycles. The van der Waals surface area contributed by atoms with Gasteiger partial charge in [-0.15, -0.1) is 18.0 Å². The Kier molecular flexibility index (Phi) is 10.1. The van der Waals surface area contributed by atoms with E-state index in [0.29, 0.717) is 6.61 Å². The fraction of sp³-hybridized carbons (Fsp3) is 0.316. The Morgan fingerprint density at radius 3 is 1.88 bits per heavy atom. The molecule has 130 valence electrons. The zero-order valence-electron chi connectivity index (χ0n) is 13.5. The Hall–Kier alpha value is -1.02. The van der Waals surface area contributed by atoms with Crippen molar-refractivity contribution < 1.29 is 35.6 Å². The van der Waals surface area contributed by atoms with Gasteiger partial charge in [0.15, 0.2) is 0 Å². The SMILES string of the molecule is [CH2-]CCOc1ccc(Cc2ccc(OCC(O)CCl)cc2)cc1.[W]. The third kappa shape index (κ3) is 7.25. The fourth-order valence-corrected chi connectivity index (χ4v) is 2.16. The molecule has 0 spiro atoms. The number of hydrogen-bond acceptors (Lipinski definition) is 3. The van der Waals surface area contributed by atoms with Crippen molar-refractivity contribution in [3.05, 3.63) is 66.6 Å². The van der Waals surface area contributed by atoms with Crippen LogP contribution < -0.4 is 9.47 Å². The number of hydrogen-bond donors (Lipinski definition) is 1. The van der Waals surface area contributed by atoms with Gasteiger partial charge in [0, 0.05) is 21.1 Å². The summed E-state index contributed by atoms with van der Waals surface area (Å²) in [5, 5.41) is 9.37. The van der Waals surface area contributed by atoms with Crippen molar-refractivity contribution in [3.63, 3.8) is 0 Å². The number of alkyl halides is 1. The summed E-state index contributed by atoms with van der Waals surface area (Å²) in [7, 11) is 0. The molecule has 0 fully saturated rings. The molecule has 0 aliphatic carbocycles. The molecule has 1 unspecified atom stereocenters. The van der Waals surface area contributed by atoms with Gasteiger partial charge in [0.2, 0.25) is 0 Å². The Bertz CT molecular complexity index is 572. The molecule has 0 amide bonds. The van der Waals surface area contributed by atoms with E-state index in [4.69, 9.17) is 21.1 Å². The molecule has 0 bridgehead atoms. The Morgan fingerprint density at radius 1 is 0.917 bits per heavy atom. The molecule has 2 aromatic carbocycles. The third-order valence-electron chi connectivity index (χ3n) is 3.29. The van der Waals surface area contributed by atoms with Gasteiger partial charge in [0.25, 0.3) is 0 Å². The molecule has 2 aromatic rings. The molecule has 0 aromatic heterocycles. The summed E-state index contributed by atoms with van der Waals surface area (Å²) in [6.45, 7) is 4.60. The second-order valence-corrected chi connectivity index (χ2v) is 5.59. The molecule has 5 heteroatoms. The van der Waals surface area contributed by atoms with Gasteiger partial charge in [-0.2, -0.15) is 0 Å². The molecule has 0 saturated heterocycles. The van der Waals surface area contributed by atoms with Crippen molar-refractivity contribution in [2.24, 2.45) is 0 Å². The van der Waals surface area contributed by atoms with Crippen LogP contribution in [0.2, 0.25) is 0 Å². The fourth-order valence-electron chi connectivity index (χ4n) is 2.07. The summed E-state index contributed by atoms with van der Waals surface area (Å²) in [5.74, 6) is 1.78. The molecule has 0 saturated carbocycles. The van der Waals surface area contributed by atoms with Crippen LogP contribution in [0, 0.1) is 6.92 Å². The second-order valence-electron chi connectivity index (χ2n) is 5.29. The van der Waals surface area contributed by atoms with Gasteiger partial charge >= 0.3 is 0 Å². The number of ether oxygens (including phenoxy) is 2. The van der Waals surface area contributed by atoms with E-state index in [1.807, 2.05) is 36.4 Å². The molecule has 24 heavy (non-hydrogen) atoms. The third-order valence-corrected chi connectivity index (χ3v) is 3.64. The number of aliphatic hydroxyl groups excluding tert-OH is 1. The van der Waals surface area contributed by atoms with Crippen LogP contribution in [-0.2, 0) is 27.5 Å². The summed E-state index contributed by atoms with van der Waals surface area (Å²) >= 11 is 5.53. The molecule has 2 rings (SSSR count). The maximum absolute atomic E-state index is 9.37. The number of halogens is 1. The van der Waals surface area contributed by atoms with Gasteiger partial charge in [0.1, 0.15) is 24.2 Å². The largest absolute Gasteiger partial charge is 0.496 e. The molecular formula is C19H22ClO3W-. The standard InChI is InChI=1S/C19H22ClO3.W/c1-2-11-22-18-7-3-15(4-8-18)12-16-5-9-19(10-6-16)23-14-17(21)13-20;/h3-10,17,21H,1-2,11-14H2;/q-1;. The molecule has 1 N–H and O–H groups in total. The number of rotatable bonds is 9. The molecule has 0 radical (unpaired) electrons. The van der Waals surface area contributed by atoms with Gasteiger partial charge in [-0.05, 0) is 41.8 Å². The van der Waals surface area contributed by atoms with Crippen LogP contribution in [0.4, 0.5) is 0 Å². The van der Waals surface area contributed by atoms with E-state index in [2.05, 4.69) is 19.1 Å². The van der Waals surface area contributed by atoms with E-state index in [1.54, 1.807) is 0 Å². The predicted molar refractivity (Wildman–Crippen MR) is 93.4 cm³/mol. The van der Waals surface area contributed by atoms with Crippen molar-refractivity contribution in [2.75, 3.05) is 19.1 Å². The van der Waals surface area contributed by atoms with E-state index in [1.165, 1.54) is 11.1 Å². The van der Waals surface area contributed by atoms with Gasteiger partial charge in [-0.1, -0.05) is 24.3 Å². The van der Waals surface area contributed by atoms with Crippen molar-refractivity contribution in [2.45, 2.75) is 18.9 Å². The number of aliphatic hydroxyl groups is 1. The van der Waals surface area contributed by atoms with Gasteiger partial charge in [-0.3, -0.25) is 0 Å². The van der Waals surface area contributed by atoms with Gasteiger partial charge < -0.3 is 21.5 Å². The average molecular weight is 518 g/mol. The average Bonchev–Trinajstić information content (AvgIpc) is 2.60. The Morgan fingerprint density at radius 2 is 1.42 bits per heavy atom. The van der Waals surface area contributed by atoms with Crippen LogP contribution in [0.1, 0.15) is 17.5 Å². The van der Waals surface area contributed by atoms with Crippen molar-refractivity contribution >= 4 is 11.6 Å². The van der Waals surface area contributed by atoms with Crippen LogP contribution in [0.3, 0.4) is 0 Å². The van der Waals surface area contributed by atoms with Crippen molar-refractivity contribution in [1.29, 1.82) is 0 Å². The molecule has 3 nitrogen and oxygen atoms in total. The number of benzene rings is 2. The summed E-state index contributed by atoms with van der Waals surface area (Å²) in [5.41, 5.74) is 2.42. The predicted octanol–water partition coefficient (Wildman–Crippen LogP) is 3.86. The summed E-state index contributed by atoms with van der Waals surface area (Å²) in [6, 6.07) is 16.0. The van der Waals surface area contributed by atoms with Crippen molar-refractivity contribution in [1.82, 2.24) is 0 Å². The van der Waals surface area contributed by atoms with Crippen LogP contribution in [-0.4, -0.2) is 30.3 Å². The normalized spacial score (nSPS) is 11.5. The van der Waals surface area contributed by atoms with E-state index in [9.17, 15) is 5.11 Å². The first-order chi connectivity index (χ1) is 11.2. The van der Waals surface area contributed by atoms with Crippen LogP contribution >= 0.6 is 11.6 Å². The Balaban J connectivity index is 0.00000288. The quantitative estimate of drug-likeness (QED) is 0.406. The molecule has 1 atom stereocenters. The van der Waals surface area contributed by atoms with E-state index < -0.39 is 6.10 Å². The summed E-state index contributed by atoms with van der Waals surface area (Å²) in [4.78, 5) is 0. The van der Waals surface area contributed by atoms with E-state index in [0.717, 1.165) is 24.3 Å². The topological polar surface area (TPSA) is 38.7 Å². The summed E-state index contributed by atoms with van der Waals surface area (Å²) < 4.78 is 11.0. The van der Waals surface area contributed by atoms with Crippen molar-refractivity contribution in [3.8, 4) is 11.5 Å². The molecule has 0 heterocycles.